The summed E-state index contributed by atoms with van der Waals surface area (Å²) in [5.74, 6) is 0.0316. The number of nitrogens with one attached hydrogen (secondary N) is 1. The topological polar surface area (TPSA) is 84.7 Å². The quantitative estimate of drug-likeness (QED) is 0.920. The van der Waals surface area contributed by atoms with E-state index in [0.29, 0.717) is 43.3 Å². The van der Waals surface area contributed by atoms with E-state index >= 15 is 0 Å². The number of morpholine rings is 1. The van der Waals surface area contributed by atoms with Crippen molar-refractivity contribution < 1.29 is 18.8 Å². The molecule has 132 valence electrons. The number of hydrogen-bond donors (Lipinski definition) is 1. The molecule has 1 fully saturated rings. The molecule has 1 aromatic heterocycles. The van der Waals surface area contributed by atoms with Gasteiger partial charge in [-0.05, 0) is 37.6 Å². The minimum Gasteiger partial charge on any atom is -0.378 e. The summed E-state index contributed by atoms with van der Waals surface area (Å²) in [6.07, 6.45) is 0.720. The molecular weight excluding hydrogens is 322 g/mol. The van der Waals surface area contributed by atoms with Crippen molar-refractivity contribution in [3.05, 3.63) is 46.6 Å². The summed E-state index contributed by atoms with van der Waals surface area (Å²) in [5.41, 5.74) is 2.66. The van der Waals surface area contributed by atoms with E-state index in [0.717, 1.165) is 17.7 Å². The first kappa shape index (κ1) is 17.2. The first-order valence-corrected chi connectivity index (χ1v) is 8.33. The molecule has 1 aliphatic heterocycles. The molecule has 0 bridgehead atoms. The highest BCUT2D eigenvalue weighted by molar-refractivity contribution is 6.04. The number of anilines is 1. The molecule has 0 radical (unpaired) electrons. The lowest BCUT2D eigenvalue weighted by Crippen LogP contribution is -2.40. The number of rotatable bonds is 4. The van der Waals surface area contributed by atoms with E-state index in [-0.39, 0.29) is 11.8 Å². The monoisotopic (exact) mass is 343 g/mol. The highest BCUT2D eigenvalue weighted by Gasteiger charge is 2.19. The number of carbonyl (C=O) groups is 2. The number of carbonyl (C=O) groups excluding carboxylic acids is 2. The highest BCUT2D eigenvalue weighted by Crippen LogP contribution is 2.20. The van der Waals surface area contributed by atoms with Gasteiger partial charge in [0.25, 0.3) is 11.8 Å². The van der Waals surface area contributed by atoms with Gasteiger partial charge in [-0.3, -0.25) is 14.9 Å². The maximum Gasteiger partial charge on any atom is 0.258 e. The number of benzene rings is 1. The number of aryl methyl sites for hydroxylation is 1. The van der Waals surface area contributed by atoms with Crippen LogP contribution < -0.4 is 5.32 Å². The van der Waals surface area contributed by atoms with E-state index in [1.54, 1.807) is 29.2 Å². The fourth-order valence-electron chi connectivity index (χ4n) is 2.79. The molecule has 1 N–H and O–H groups in total. The van der Waals surface area contributed by atoms with Crippen LogP contribution >= 0.6 is 0 Å². The second-order valence-corrected chi connectivity index (χ2v) is 5.87. The lowest BCUT2D eigenvalue weighted by atomic mass is 10.1. The average Bonchev–Trinajstić information content (AvgIpc) is 3.01. The Labute approximate surface area is 145 Å². The predicted octanol–water partition coefficient (Wildman–Crippen LogP) is 2.27. The molecule has 0 spiro atoms. The summed E-state index contributed by atoms with van der Waals surface area (Å²) < 4.78 is 10.4. The Morgan fingerprint density at radius 2 is 1.80 bits per heavy atom. The van der Waals surface area contributed by atoms with Gasteiger partial charge in [0.1, 0.15) is 0 Å². The lowest BCUT2D eigenvalue weighted by Gasteiger charge is -2.26. The number of hydrogen-bond acceptors (Lipinski definition) is 5. The normalized spacial score (nSPS) is 14.4. The Morgan fingerprint density at radius 1 is 1.16 bits per heavy atom. The van der Waals surface area contributed by atoms with Crippen LogP contribution in [0.15, 0.2) is 28.8 Å². The minimum absolute atomic E-state index is 0.0469. The number of aromatic nitrogens is 1. The second-order valence-electron chi connectivity index (χ2n) is 5.87. The smallest absolute Gasteiger partial charge is 0.258 e. The third-order valence-electron chi connectivity index (χ3n) is 4.26. The van der Waals surface area contributed by atoms with Gasteiger partial charge >= 0.3 is 0 Å². The van der Waals surface area contributed by atoms with Crippen molar-refractivity contribution in [1.82, 2.24) is 10.1 Å². The summed E-state index contributed by atoms with van der Waals surface area (Å²) in [7, 11) is 0. The molecule has 3 rings (SSSR count). The maximum atomic E-state index is 12.4. The van der Waals surface area contributed by atoms with Crippen molar-refractivity contribution in [3.8, 4) is 0 Å². The first-order valence-electron chi connectivity index (χ1n) is 8.33. The predicted molar refractivity (Wildman–Crippen MR) is 91.7 cm³/mol. The van der Waals surface area contributed by atoms with Crippen LogP contribution in [0.4, 0.5) is 5.88 Å². The van der Waals surface area contributed by atoms with Gasteiger partial charge in [0.05, 0.1) is 18.9 Å². The summed E-state index contributed by atoms with van der Waals surface area (Å²) in [6, 6.07) is 6.61. The number of amides is 2. The second kappa shape index (κ2) is 7.48. The third kappa shape index (κ3) is 3.71. The zero-order valence-corrected chi connectivity index (χ0v) is 14.4. The third-order valence-corrected chi connectivity index (χ3v) is 4.26. The average molecular weight is 343 g/mol. The van der Waals surface area contributed by atoms with Crippen LogP contribution in [0.2, 0.25) is 0 Å². The Bertz CT molecular complexity index is 761. The van der Waals surface area contributed by atoms with Crippen LogP contribution in [-0.2, 0) is 11.2 Å². The van der Waals surface area contributed by atoms with Crippen LogP contribution in [0.5, 0.6) is 0 Å². The Morgan fingerprint density at radius 3 is 2.44 bits per heavy atom. The molecule has 0 saturated carbocycles. The van der Waals surface area contributed by atoms with E-state index < -0.39 is 0 Å². The lowest BCUT2D eigenvalue weighted by molar-refractivity contribution is 0.0303. The molecule has 1 aliphatic rings. The van der Waals surface area contributed by atoms with Gasteiger partial charge in [0.15, 0.2) is 0 Å². The van der Waals surface area contributed by atoms with Crippen molar-refractivity contribution in [2.24, 2.45) is 0 Å². The van der Waals surface area contributed by atoms with E-state index in [4.69, 9.17) is 9.26 Å². The van der Waals surface area contributed by atoms with Gasteiger partial charge in [0, 0.05) is 29.8 Å². The largest absolute Gasteiger partial charge is 0.378 e. The van der Waals surface area contributed by atoms with Crippen molar-refractivity contribution in [3.63, 3.8) is 0 Å². The fraction of sp³-hybridized carbons (Fsp3) is 0.389. The van der Waals surface area contributed by atoms with Crippen molar-refractivity contribution in [1.29, 1.82) is 0 Å². The first-order chi connectivity index (χ1) is 12.1. The van der Waals surface area contributed by atoms with Crippen molar-refractivity contribution in [2.75, 3.05) is 31.6 Å². The maximum absolute atomic E-state index is 12.4. The molecule has 1 saturated heterocycles. The van der Waals surface area contributed by atoms with Gasteiger partial charge in [-0.15, -0.1) is 0 Å². The van der Waals surface area contributed by atoms with Crippen LogP contribution in [-0.4, -0.2) is 48.2 Å². The molecule has 1 aromatic carbocycles. The number of nitrogens with zero attached hydrogens (tertiary/aromatic N) is 2. The zero-order valence-electron chi connectivity index (χ0n) is 14.4. The Balaban J connectivity index is 1.69. The van der Waals surface area contributed by atoms with Crippen molar-refractivity contribution >= 4 is 17.7 Å². The SMILES string of the molecule is CCc1c(C)noc1NC(=O)c1ccc(C(=O)N2CCOCC2)cc1. The summed E-state index contributed by atoms with van der Waals surface area (Å²) in [4.78, 5) is 26.5. The standard InChI is InChI=1S/C18H21N3O4/c1-3-15-12(2)20-25-17(15)19-16(22)13-4-6-14(7-5-13)18(23)21-8-10-24-11-9-21/h4-7H,3,8-11H2,1-2H3,(H,19,22). The molecule has 7 heteroatoms. The van der Waals surface area contributed by atoms with Crippen molar-refractivity contribution in [2.45, 2.75) is 20.3 Å². The van der Waals surface area contributed by atoms with E-state index in [2.05, 4.69) is 10.5 Å². The molecule has 2 heterocycles. The number of ether oxygens (including phenoxy) is 1. The van der Waals surface area contributed by atoms with Gasteiger partial charge in [-0.2, -0.15) is 0 Å². The van der Waals surface area contributed by atoms with Crippen LogP contribution in [0, 0.1) is 6.92 Å². The van der Waals surface area contributed by atoms with Gasteiger partial charge in [-0.1, -0.05) is 12.1 Å². The molecule has 2 aromatic rings. The van der Waals surface area contributed by atoms with Gasteiger partial charge < -0.3 is 14.2 Å². The molecular formula is C18H21N3O4. The molecule has 25 heavy (non-hydrogen) atoms. The Kier molecular flexibility index (Phi) is 5.14. The fourth-order valence-corrected chi connectivity index (χ4v) is 2.79. The van der Waals surface area contributed by atoms with Crippen LogP contribution in [0.3, 0.4) is 0 Å². The molecule has 0 atom stereocenters. The molecule has 7 nitrogen and oxygen atoms in total. The summed E-state index contributed by atoms with van der Waals surface area (Å²) in [6.45, 7) is 6.11. The minimum atomic E-state index is -0.295. The van der Waals surface area contributed by atoms with Gasteiger partial charge in [-0.25, -0.2) is 0 Å². The van der Waals surface area contributed by atoms with E-state index in [9.17, 15) is 9.59 Å². The highest BCUT2D eigenvalue weighted by atomic mass is 16.5. The molecule has 2 amide bonds. The van der Waals surface area contributed by atoms with Crippen LogP contribution in [0.25, 0.3) is 0 Å². The zero-order chi connectivity index (χ0) is 17.8. The summed E-state index contributed by atoms with van der Waals surface area (Å²) in [5, 5.41) is 6.60. The summed E-state index contributed by atoms with van der Waals surface area (Å²) >= 11 is 0. The van der Waals surface area contributed by atoms with E-state index in [1.807, 2.05) is 13.8 Å². The van der Waals surface area contributed by atoms with Gasteiger partial charge in [0.2, 0.25) is 5.88 Å². The van der Waals surface area contributed by atoms with Crippen LogP contribution in [0.1, 0.15) is 38.9 Å². The van der Waals surface area contributed by atoms with E-state index in [1.165, 1.54) is 0 Å². The molecule has 0 unspecified atom stereocenters. The molecule has 0 aliphatic carbocycles. The Hall–Kier alpha value is -2.67.